The highest BCUT2D eigenvalue weighted by atomic mass is 13.7. The zero-order valence-electron chi connectivity index (χ0n) is 5.12. The van der Waals surface area contributed by atoms with Gasteiger partial charge in [0.05, 0.1) is 0 Å². The second-order valence-electron chi connectivity index (χ2n) is 1.38. The van der Waals surface area contributed by atoms with Gasteiger partial charge in [0.2, 0.25) is 0 Å². The van der Waals surface area contributed by atoms with Crippen molar-refractivity contribution in [1.82, 2.24) is 0 Å². The van der Waals surface area contributed by atoms with Gasteiger partial charge in [0.15, 0.2) is 0 Å². The molecule has 0 aromatic carbocycles. The lowest BCUT2D eigenvalue weighted by Crippen LogP contribution is -1.62. The van der Waals surface area contributed by atoms with Crippen molar-refractivity contribution in [3.8, 4) is 17.8 Å². The van der Waals surface area contributed by atoms with E-state index in [1.54, 1.807) is 0 Å². The average Bonchev–Trinajstić information content (AvgIpc) is 1.81. The largest absolute Gasteiger partial charge is 0.104 e. The molecule has 0 heteroatoms. The molecule has 0 spiro atoms. The summed E-state index contributed by atoms with van der Waals surface area (Å²) in [5, 5.41) is 0. The van der Waals surface area contributed by atoms with Gasteiger partial charge in [-0.3, -0.25) is 0 Å². The molecule has 0 saturated carbocycles. The molecule has 0 nitrogen and oxygen atoms in total. The van der Waals surface area contributed by atoms with E-state index < -0.39 is 0 Å². The smallest absolute Gasteiger partial charge is 0.0209 e. The zero-order valence-corrected chi connectivity index (χ0v) is 5.12. The molecule has 0 unspecified atom stereocenters. The summed E-state index contributed by atoms with van der Waals surface area (Å²) in [5.74, 6) is 8.09. The number of rotatable bonds is 1. The van der Waals surface area contributed by atoms with E-state index in [2.05, 4.69) is 17.8 Å². The molecule has 1 radical (unpaired) electrons. The van der Waals surface area contributed by atoms with Gasteiger partial charge in [-0.2, -0.15) is 0 Å². The van der Waals surface area contributed by atoms with Gasteiger partial charge in [0, 0.05) is 19.3 Å². The summed E-state index contributed by atoms with van der Waals surface area (Å²) in [5.41, 5.74) is 0. The Labute approximate surface area is 51.3 Å². The minimum atomic E-state index is 0.674. The molecule has 0 rings (SSSR count). The average molecular weight is 105 g/mol. The van der Waals surface area contributed by atoms with E-state index in [0.29, 0.717) is 6.42 Å². The Kier molecular flexibility index (Phi) is 5.45. The molecule has 0 bridgehead atoms. The van der Waals surface area contributed by atoms with E-state index in [9.17, 15) is 0 Å². The predicted octanol–water partition coefficient (Wildman–Crippen LogP) is 1.77. The lowest BCUT2D eigenvalue weighted by Gasteiger charge is -1.74. The van der Waals surface area contributed by atoms with Crippen LogP contribution in [0.1, 0.15) is 26.2 Å². The van der Waals surface area contributed by atoms with Crippen molar-refractivity contribution in [1.29, 1.82) is 0 Å². The Hall–Kier alpha value is -0.880. The van der Waals surface area contributed by atoms with Crippen LogP contribution in [0.2, 0.25) is 0 Å². The van der Waals surface area contributed by atoms with Crippen LogP contribution in [0.3, 0.4) is 0 Å². The Morgan fingerprint density at radius 1 is 1.25 bits per heavy atom. The molecule has 0 N–H and O–H groups in total. The van der Waals surface area contributed by atoms with Gasteiger partial charge in [0.1, 0.15) is 0 Å². The first-order valence-corrected chi connectivity index (χ1v) is 2.77. The zero-order chi connectivity index (χ0) is 6.24. The molecule has 0 heterocycles. The maximum Gasteiger partial charge on any atom is 0.0209 e. The highest BCUT2D eigenvalue weighted by Crippen LogP contribution is 1.81. The maximum absolute atomic E-state index is 6.52. The standard InChI is InChI=1S/C8H9/c1-3-5-7-8-6-4-2/h3,6,8H2,1H3. The number of hydrogen-bond donors (Lipinski definition) is 0. The second-order valence-corrected chi connectivity index (χ2v) is 1.38. The Morgan fingerprint density at radius 3 is 2.50 bits per heavy atom. The molecule has 0 saturated heterocycles. The topological polar surface area (TPSA) is 0 Å². The normalized spacial score (nSPS) is 6.50. The van der Waals surface area contributed by atoms with Crippen LogP contribution in [-0.4, -0.2) is 0 Å². The fourth-order valence-electron chi connectivity index (χ4n) is 0.338. The van der Waals surface area contributed by atoms with E-state index >= 15 is 0 Å². The van der Waals surface area contributed by atoms with Crippen molar-refractivity contribution in [3.63, 3.8) is 0 Å². The van der Waals surface area contributed by atoms with Crippen molar-refractivity contribution in [2.45, 2.75) is 26.2 Å². The van der Waals surface area contributed by atoms with Crippen LogP contribution in [-0.2, 0) is 0 Å². The Morgan fingerprint density at radius 2 is 2.00 bits per heavy atom. The maximum atomic E-state index is 6.52. The highest BCUT2D eigenvalue weighted by molar-refractivity contribution is 4.99. The van der Waals surface area contributed by atoms with Crippen molar-refractivity contribution in [3.05, 3.63) is 6.42 Å². The van der Waals surface area contributed by atoms with Crippen LogP contribution >= 0.6 is 0 Å². The molecule has 0 aromatic heterocycles. The van der Waals surface area contributed by atoms with Gasteiger partial charge in [-0.25, -0.2) is 0 Å². The molecule has 8 heavy (non-hydrogen) atoms. The van der Waals surface area contributed by atoms with Gasteiger partial charge in [-0.1, -0.05) is 12.8 Å². The second kappa shape index (κ2) is 6.12. The first-order valence-electron chi connectivity index (χ1n) is 2.77. The Bertz CT molecular complexity index is 126. The van der Waals surface area contributed by atoms with Gasteiger partial charge in [0.25, 0.3) is 0 Å². The van der Waals surface area contributed by atoms with E-state index in [1.165, 1.54) is 0 Å². The summed E-state index contributed by atoms with van der Waals surface area (Å²) in [6, 6.07) is 0. The van der Waals surface area contributed by atoms with Crippen molar-refractivity contribution >= 4 is 0 Å². The third kappa shape index (κ3) is 5.12. The summed E-state index contributed by atoms with van der Waals surface area (Å²) < 4.78 is 0. The fraction of sp³-hybridized carbons (Fsp3) is 0.500. The van der Waals surface area contributed by atoms with Crippen LogP contribution in [0, 0.1) is 24.2 Å². The third-order valence-electron chi connectivity index (χ3n) is 0.677. The Balaban J connectivity index is 3.06. The van der Waals surface area contributed by atoms with Gasteiger partial charge in [-0.15, -0.1) is 11.8 Å². The molecule has 0 atom stereocenters. The molecule has 0 aromatic rings. The fourth-order valence-corrected chi connectivity index (χ4v) is 0.338. The molecule has 0 aliphatic rings. The van der Waals surface area contributed by atoms with Crippen LogP contribution < -0.4 is 0 Å². The van der Waals surface area contributed by atoms with Crippen LogP contribution in [0.4, 0.5) is 0 Å². The minimum absolute atomic E-state index is 0.674. The van der Waals surface area contributed by atoms with E-state index in [1.807, 2.05) is 6.92 Å². The summed E-state index contributed by atoms with van der Waals surface area (Å²) in [4.78, 5) is 0. The van der Waals surface area contributed by atoms with Crippen LogP contribution in [0.5, 0.6) is 0 Å². The van der Waals surface area contributed by atoms with Crippen LogP contribution in [0.25, 0.3) is 0 Å². The monoisotopic (exact) mass is 105 g/mol. The number of unbranched alkanes of at least 4 members (excludes halogenated alkanes) is 1. The molecular weight excluding hydrogens is 96.1 g/mol. The SMILES string of the molecule is [C]#CCCC#CCC. The number of hydrogen-bond acceptors (Lipinski definition) is 0. The summed E-state index contributed by atoms with van der Waals surface area (Å²) in [6.07, 6.45) is 8.90. The lowest BCUT2D eigenvalue weighted by molar-refractivity contribution is 1.11. The van der Waals surface area contributed by atoms with E-state index in [-0.39, 0.29) is 0 Å². The molecule has 0 aliphatic carbocycles. The minimum Gasteiger partial charge on any atom is -0.104 e. The molecule has 0 fully saturated rings. The first-order chi connectivity index (χ1) is 3.91. The quantitative estimate of drug-likeness (QED) is 0.352. The van der Waals surface area contributed by atoms with Crippen LogP contribution in [0.15, 0.2) is 0 Å². The van der Waals surface area contributed by atoms with Gasteiger partial charge >= 0.3 is 0 Å². The van der Waals surface area contributed by atoms with Crippen molar-refractivity contribution in [2.24, 2.45) is 0 Å². The predicted molar refractivity (Wildman–Crippen MR) is 34.4 cm³/mol. The summed E-state index contributed by atoms with van der Waals surface area (Å²) in [6.45, 7) is 2.02. The first kappa shape index (κ1) is 7.12. The molecule has 0 amide bonds. The summed E-state index contributed by atoms with van der Waals surface area (Å²) in [7, 11) is 0. The molecule has 41 valence electrons. The van der Waals surface area contributed by atoms with Crippen molar-refractivity contribution in [2.75, 3.05) is 0 Å². The third-order valence-corrected chi connectivity index (χ3v) is 0.677. The molecular formula is C8H9. The summed E-state index contributed by atoms with van der Waals surface area (Å²) >= 11 is 0. The van der Waals surface area contributed by atoms with Gasteiger partial charge < -0.3 is 0 Å². The van der Waals surface area contributed by atoms with E-state index in [0.717, 1.165) is 12.8 Å². The van der Waals surface area contributed by atoms with Crippen molar-refractivity contribution < 1.29 is 0 Å². The lowest BCUT2D eigenvalue weighted by atomic mass is 10.3. The molecule has 0 aliphatic heterocycles. The highest BCUT2D eigenvalue weighted by Gasteiger charge is 1.69. The van der Waals surface area contributed by atoms with Gasteiger partial charge in [-0.05, 0) is 6.42 Å². The van der Waals surface area contributed by atoms with E-state index in [4.69, 9.17) is 6.42 Å².